The maximum atomic E-state index is 2.55. The molecule has 0 amide bonds. The molecule has 0 heterocycles. The lowest BCUT2D eigenvalue weighted by Gasteiger charge is -2.29. The lowest BCUT2D eigenvalue weighted by Crippen LogP contribution is -2.17. The standard InChI is InChI=1S/C58H47N/c1-34-13-12-16-38(29-34)59(39-22-26-43-37(30-39)20-25-46-45-24-19-36-15-9-11-18-42(36)54(45)58(6,7)55(43)46)40-23-27-44-47-32-52-48(33-51(47)57(4,5)50(44)31-40)53-41-17-10-8-14-35(41)21-28-49(53)56(52,2)3/h8-33H,1-7H3. The molecule has 1 heteroatoms. The lowest BCUT2D eigenvalue weighted by atomic mass is 9.78. The normalized spacial score (nSPS) is 15.8. The second-order valence-electron chi connectivity index (χ2n) is 19.0. The fraction of sp³-hybridized carbons (Fsp3) is 0.172. The second-order valence-corrected chi connectivity index (χ2v) is 19.0. The highest BCUT2D eigenvalue weighted by Gasteiger charge is 2.43. The Balaban J connectivity index is 1.00. The Hall–Kier alpha value is -6.44. The summed E-state index contributed by atoms with van der Waals surface area (Å²) in [4.78, 5) is 2.47. The van der Waals surface area contributed by atoms with Crippen molar-refractivity contribution < 1.29 is 0 Å². The van der Waals surface area contributed by atoms with Crippen molar-refractivity contribution in [2.24, 2.45) is 0 Å². The molecule has 9 aromatic rings. The summed E-state index contributed by atoms with van der Waals surface area (Å²) in [6.07, 6.45) is 0. The number of fused-ring (bicyclic) bond motifs is 15. The first kappa shape index (κ1) is 34.6. The number of hydrogen-bond acceptors (Lipinski definition) is 1. The molecule has 0 saturated heterocycles. The zero-order valence-electron chi connectivity index (χ0n) is 35.0. The van der Waals surface area contributed by atoms with Gasteiger partial charge in [-0.15, -0.1) is 0 Å². The van der Waals surface area contributed by atoms with E-state index < -0.39 is 0 Å². The minimum absolute atomic E-state index is 0.0828. The SMILES string of the molecule is Cc1cccc(N(c2ccc3c(c2)C(C)(C)c2cc4c(cc2-3)C(C)(C)c2ccc3ccccc3c2-4)c2ccc3c4c(ccc3c2)-c2ccc3ccccc3c2C4(C)C)c1. The summed E-state index contributed by atoms with van der Waals surface area (Å²) >= 11 is 0. The summed E-state index contributed by atoms with van der Waals surface area (Å²) in [6, 6.07) is 60.2. The summed E-state index contributed by atoms with van der Waals surface area (Å²) in [5, 5.41) is 7.91. The van der Waals surface area contributed by atoms with Gasteiger partial charge in [0.15, 0.2) is 0 Å². The van der Waals surface area contributed by atoms with Gasteiger partial charge in [-0.1, -0.05) is 151 Å². The molecule has 0 bridgehead atoms. The lowest BCUT2D eigenvalue weighted by molar-refractivity contribution is 0.652. The van der Waals surface area contributed by atoms with Crippen LogP contribution in [0.3, 0.4) is 0 Å². The van der Waals surface area contributed by atoms with Crippen molar-refractivity contribution in [2.45, 2.75) is 64.7 Å². The van der Waals surface area contributed by atoms with E-state index in [9.17, 15) is 0 Å². The molecule has 0 spiro atoms. The Kier molecular flexibility index (Phi) is 6.80. The Morgan fingerprint density at radius 3 is 1.64 bits per heavy atom. The highest BCUT2D eigenvalue weighted by molar-refractivity contribution is 6.06. The third-order valence-corrected chi connectivity index (χ3v) is 14.6. The van der Waals surface area contributed by atoms with E-state index in [0.717, 1.165) is 0 Å². The minimum atomic E-state index is -0.180. The molecule has 0 unspecified atom stereocenters. The molecule has 3 aliphatic rings. The zero-order valence-corrected chi connectivity index (χ0v) is 35.0. The summed E-state index contributed by atoms with van der Waals surface area (Å²) < 4.78 is 0. The number of nitrogens with zero attached hydrogens (tertiary/aromatic N) is 1. The van der Waals surface area contributed by atoms with E-state index in [0.29, 0.717) is 0 Å². The third-order valence-electron chi connectivity index (χ3n) is 14.6. The topological polar surface area (TPSA) is 3.24 Å². The number of benzene rings is 9. The molecule has 0 radical (unpaired) electrons. The van der Waals surface area contributed by atoms with E-state index in [1.54, 1.807) is 0 Å². The Morgan fingerprint density at radius 1 is 0.339 bits per heavy atom. The molecule has 9 aromatic carbocycles. The van der Waals surface area contributed by atoms with Gasteiger partial charge in [-0.3, -0.25) is 0 Å². The summed E-state index contributed by atoms with van der Waals surface area (Å²) in [5.74, 6) is 0. The number of anilines is 3. The monoisotopic (exact) mass is 757 g/mol. The van der Waals surface area contributed by atoms with Gasteiger partial charge in [-0.25, -0.2) is 0 Å². The molecule has 0 N–H and O–H groups in total. The van der Waals surface area contributed by atoms with Gasteiger partial charge in [0.05, 0.1) is 0 Å². The van der Waals surface area contributed by atoms with Crippen LogP contribution in [-0.2, 0) is 16.2 Å². The van der Waals surface area contributed by atoms with Gasteiger partial charge in [-0.2, -0.15) is 0 Å². The molecular formula is C58H47N. The maximum absolute atomic E-state index is 2.55. The first-order valence-electron chi connectivity index (χ1n) is 21.3. The van der Waals surface area contributed by atoms with Crippen molar-refractivity contribution in [3.8, 4) is 33.4 Å². The fourth-order valence-electron chi connectivity index (χ4n) is 11.7. The summed E-state index contributed by atoms with van der Waals surface area (Å²) in [5.41, 5.74) is 21.1. The van der Waals surface area contributed by atoms with Crippen molar-refractivity contribution in [1.82, 2.24) is 0 Å². The van der Waals surface area contributed by atoms with Crippen molar-refractivity contribution >= 4 is 49.4 Å². The molecule has 0 fully saturated rings. The number of rotatable bonds is 3. The Bertz CT molecular complexity index is 3320. The largest absolute Gasteiger partial charge is 0.310 e. The van der Waals surface area contributed by atoms with Gasteiger partial charge in [0, 0.05) is 33.3 Å². The average molecular weight is 758 g/mol. The van der Waals surface area contributed by atoms with Crippen molar-refractivity contribution in [3.05, 3.63) is 197 Å². The summed E-state index contributed by atoms with van der Waals surface area (Å²) in [6.45, 7) is 16.7. The smallest absolute Gasteiger partial charge is 0.0468 e. The van der Waals surface area contributed by atoms with E-state index in [2.05, 4.69) is 211 Å². The molecule has 0 aliphatic heterocycles. The van der Waals surface area contributed by atoms with Crippen LogP contribution in [0.25, 0.3) is 65.7 Å². The van der Waals surface area contributed by atoms with Crippen LogP contribution in [0.5, 0.6) is 0 Å². The van der Waals surface area contributed by atoms with E-state index in [1.165, 1.54) is 122 Å². The van der Waals surface area contributed by atoms with E-state index in [4.69, 9.17) is 0 Å². The van der Waals surface area contributed by atoms with Crippen LogP contribution in [0.15, 0.2) is 158 Å². The van der Waals surface area contributed by atoms with Gasteiger partial charge >= 0.3 is 0 Å². The first-order valence-corrected chi connectivity index (χ1v) is 21.3. The molecule has 3 aliphatic carbocycles. The molecule has 59 heavy (non-hydrogen) atoms. The highest BCUT2D eigenvalue weighted by Crippen LogP contribution is 2.58. The predicted octanol–water partition coefficient (Wildman–Crippen LogP) is 15.8. The van der Waals surface area contributed by atoms with Crippen LogP contribution < -0.4 is 4.90 Å². The first-order chi connectivity index (χ1) is 28.4. The highest BCUT2D eigenvalue weighted by atomic mass is 15.1. The predicted molar refractivity (Wildman–Crippen MR) is 251 cm³/mol. The van der Waals surface area contributed by atoms with Crippen LogP contribution in [0.1, 0.15) is 80.5 Å². The van der Waals surface area contributed by atoms with Gasteiger partial charge in [0.1, 0.15) is 0 Å². The zero-order chi connectivity index (χ0) is 40.2. The molecule has 0 saturated carbocycles. The maximum Gasteiger partial charge on any atom is 0.0468 e. The van der Waals surface area contributed by atoms with Crippen LogP contribution in [0.4, 0.5) is 17.1 Å². The third kappa shape index (κ3) is 4.56. The molecule has 0 atom stereocenters. The van der Waals surface area contributed by atoms with E-state index in [1.807, 2.05) is 0 Å². The van der Waals surface area contributed by atoms with Crippen molar-refractivity contribution in [1.29, 1.82) is 0 Å². The van der Waals surface area contributed by atoms with Crippen LogP contribution >= 0.6 is 0 Å². The van der Waals surface area contributed by atoms with Gasteiger partial charge < -0.3 is 4.90 Å². The van der Waals surface area contributed by atoms with E-state index >= 15 is 0 Å². The Morgan fingerprint density at radius 2 is 0.881 bits per heavy atom. The van der Waals surface area contributed by atoms with E-state index in [-0.39, 0.29) is 16.2 Å². The quantitative estimate of drug-likeness (QED) is 0.173. The van der Waals surface area contributed by atoms with Crippen LogP contribution in [0.2, 0.25) is 0 Å². The molecule has 12 rings (SSSR count). The molecule has 284 valence electrons. The van der Waals surface area contributed by atoms with Crippen molar-refractivity contribution in [3.63, 3.8) is 0 Å². The second kappa shape index (κ2) is 11.6. The average Bonchev–Trinajstić information content (AvgIpc) is 3.72. The fourth-order valence-corrected chi connectivity index (χ4v) is 11.7. The van der Waals surface area contributed by atoms with Crippen LogP contribution in [0, 0.1) is 6.92 Å². The number of hydrogen-bond donors (Lipinski definition) is 0. The van der Waals surface area contributed by atoms with Gasteiger partial charge in [0.2, 0.25) is 0 Å². The van der Waals surface area contributed by atoms with Crippen LogP contribution in [-0.4, -0.2) is 0 Å². The summed E-state index contributed by atoms with van der Waals surface area (Å²) in [7, 11) is 0. The number of aryl methyl sites for hydroxylation is 1. The molecule has 1 nitrogen and oxygen atoms in total. The van der Waals surface area contributed by atoms with Crippen molar-refractivity contribution in [2.75, 3.05) is 4.90 Å². The van der Waals surface area contributed by atoms with Gasteiger partial charge in [-0.05, 0) is 160 Å². The Labute approximate surface area is 347 Å². The molecular weight excluding hydrogens is 711 g/mol. The van der Waals surface area contributed by atoms with Gasteiger partial charge in [0.25, 0.3) is 0 Å². The molecule has 0 aromatic heterocycles. The minimum Gasteiger partial charge on any atom is -0.310 e.